The number of hydrogen-bond acceptors (Lipinski definition) is 2. The first-order valence-electron chi connectivity index (χ1n) is 7.70. The molecule has 1 unspecified atom stereocenters. The van der Waals surface area contributed by atoms with Crippen LogP contribution in [0.1, 0.15) is 37.9 Å². The van der Waals surface area contributed by atoms with Gasteiger partial charge in [0.15, 0.2) is 0 Å². The average Bonchev–Trinajstić information content (AvgIpc) is 2.51. The highest BCUT2D eigenvalue weighted by atomic mass is 16.5. The van der Waals surface area contributed by atoms with E-state index >= 15 is 0 Å². The van der Waals surface area contributed by atoms with E-state index in [2.05, 4.69) is 56.4 Å². The summed E-state index contributed by atoms with van der Waals surface area (Å²) in [5.74, 6) is 1.48. The van der Waals surface area contributed by atoms with E-state index in [9.17, 15) is 0 Å². The summed E-state index contributed by atoms with van der Waals surface area (Å²) in [6.07, 6.45) is 0. The molecule has 0 aromatic heterocycles. The van der Waals surface area contributed by atoms with Crippen LogP contribution in [0.25, 0.3) is 0 Å². The fourth-order valence-corrected chi connectivity index (χ4v) is 2.50. The first kappa shape index (κ1) is 15.6. The second-order valence-corrected chi connectivity index (χ2v) is 5.63. The molecule has 2 aromatic rings. The van der Waals surface area contributed by atoms with Gasteiger partial charge < -0.3 is 10.1 Å². The van der Waals surface area contributed by atoms with Gasteiger partial charge in [-0.1, -0.05) is 63.2 Å². The molecule has 2 nitrogen and oxygen atoms in total. The van der Waals surface area contributed by atoms with Gasteiger partial charge in [-0.3, -0.25) is 0 Å². The van der Waals surface area contributed by atoms with Crippen molar-refractivity contribution in [2.45, 2.75) is 33.4 Å². The van der Waals surface area contributed by atoms with Crippen LogP contribution < -0.4 is 10.1 Å². The fraction of sp³-hybridized carbons (Fsp3) is 0.368. The lowest BCUT2D eigenvalue weighted by atomic mass is 9.96. The van der Waals surface area contributed by atoms with Gasteiger partial charge in [-0.05, 0) is 35.7 Å². The van der Waals surface area contributed by atoms with E-state index in [4.69, 9.17) is 4.74 Å². The molecule has 1 atom stereocenters. The third-order valence-corrected chi connectivity index (χ3v) is 3.56. The molecule has 2 rings (SSSR count). The van der Waals surface area contributed by atoms with Crippen molar-refractivity contribution in [3.8, 4) is 5.75 Å². The van der Waals surface area contributed by atoms with E-state index in [1.165, 1.54) is 11.1 Å². The molecule has 0 bridgehead atoms. The smallest absolute Gasteiger partial charge is 0.120 e. The lowest BCUT2D eigenvalue weighted by Crippen LogP contribution is -2.25. The van der Waals surface area contributed by atoms with Gasteiger partial charge >= 0.3 is 0 Å². The molecule has 0 fully saturated rings. The van der Waals surface area contributed by atoms with Gasteiger partial charge in [-0.15, -0.1) is 0 Å². The first-order valence-corrected chi connectivity index (χ1v) is 7.70. The van der Waals surface area contributed by atoms with E-state index in [1.807, 2.05) is 24.3 Å². The van der Waals surface area contributed by atoms with Crippen molar-refractivity contribution in [2.24, 2.45) is 5.92 Å². The van der Waals surface area contributed by atoms with Crippen molar-refractivity contribution in [3.05, 3.63) is 65.7 Å². The highest BCUT2D eigenvalue weighted by Gasteiger charge is 2.14. The fourth-order valence-electron chi connectivity index (χ4n) is 2.50. The van der Waals surface area contributed by atoms with Crippen molar-refractivity contribution in [2.75, 3.05) is 6.54 Å². The normalized spacial score (nSPS) is 12.4. The molecule has 112 valence electrons. The summed E-state index contributed by atoms with van der Waals surface area (Å²) < 4.78 is 5.91. The molecule has 0 heterocycles. The monoisotopic (exact) mass is 283 g/mol. The molecule has 2 heteroatoms. The van der Waals surface area contributed by atoms with E-state index in [0.717, 1.165) is 12.3 Å². The SMILES string of the molecule is CCNC(c1cccc(OCc2ccccc2)c1)C(C)C. The molecule has 0 saturated carbocycles. The van der Waals surface area contributed by atoms with Crippen LogP contribution in [0.15, 0.2) is 54.6 Å². The highest BCUT2D eigenvalue weighted by Crippen LogP contribution is 2.25. The van der Waals surface area contributed by atoms with Crippen LogP contribution in [-0.4, -0.2) is 6.54 Å². The second kappa shape index (κ2) is 7.84. The van der Waals surface area contributed by atoms with Gasteiger partial charge in [-0.25, -0.2) is 0 Å². The van der Waals surface area contributed by atoms with Gasteiger partial charge in [0, 0.05) is 6.04 Å². The first-order chi connectivity index (χ1) is 10.2. The highest BCUT2D eigenvalue weighted by molar-refractivity contribution is 5.31. The number of hydrogen-bond donors (Lipinski definition) is 1. The summed E-state index contributed by atoms with van der Waals surface area (Å²) in [7, 11) is 0. The minimum Gasteiger partial charge on any atom is -0.489 e. The molecule has 0 spiro atoms. The van der Waals surface area contributed by atoms with Crippen molar-refractivity contribution in [1.29, 1.82) is 0 Å². The van der Waals surface area contributed by atoms with Crippen molar-refractivity contribution < 1.29 is 4.74 Å². The number of ether oxygens (including phenoxy) is 1. The van der Waals surface area contributed by atoms with E-state index in [0.29, 0.717) is 18.6 Å². The maximum absolute atomic E-state index is 5.91. The maximum Gasteiger partial charge on any atom is 0.120 e. The third kappa shape index (κ3) is 4.61. The Kier molecular flexibility index (Phi) is 5.82. The Morgan fingerprint density at radius 3 is 2.43 bits per heavy atom. The van der Waals surface area contributed by atoms with Crippen LogP contribution >= 0.6 is 0 Å². The predicted molar refractivity (Wildman–Crippen MR) is 88.5 cm³/mol. The second-order valence-electron chi connectivity index (χ2n) is 5.63. The average molecular weight is 283 g/mol. The molecule has 0 saturated heterocycles. The van der Waals surface area contributed by atoms with Crippen LogP contribution in [0.4, 0.5) is 0 Å². The van der Waals surface area contributed by atoms with E-state index in [1.54, 1.807) is 0 Å². The predicted octanol–water partition coefficient (Wildman–Crippen LogP) is 4.57. The van der Waals surface area contributed by atoms with Crippen molar-refractivity contribution in [1.82, 2.24) is 5.32 Å². The summed E-state index contributed by atoms with van der Waals surface area (Å²) in [6, 6.07) is 19.0. The standard InChI is InChI=1S/C19H25NO/c1-4-20-19(15(2)3)17-11-8-12-18(13-17)21-14-16-9-6-5-7-10-16/h5-13,15,19-20H,4,14H2,1-3H3. The zero-order valence-electron chi connectivity index (χ0n) is 13.2. The molecule has 0 radical (unpaired) electrons. The van der Waals surface area contributed by atoms with Crippen LogP contribution in [0, 0.1) is 5.92 Å². The van der Waals surface area contributed by atoms with Gasteiger partial charge in [0.1, 0.15) is 12.4 Å². The Bertz CT molecular complexity index is 536. The quantitative estimate of drug-likeness (QED) is 0.803. The largest absolute Gasteiger partial charge is 0.489 e. The summed E-state index contributed by atoms with van der Waals surface area (Å²) in [4.78, 5) is 0. The number of rotatable bonds is 7. The van der Waals surface area contributed by atoms with Gasteiger partial charge in [0.25, 0.3) is 0 Å². The van der Waals surface area contributed by atoms with Crippen LogP contribution in [-0.2, 0) is 6.61 Å². The summed E-state index contributed by atoms with van der Waals surface area (Å²) in [6.45, 7) is 8.20. The number of nitrogens with one attached hydrogen (secondary N) is 1. The summed E-state index contributed by atoms with van der Waals surface area (Å²) >= 11 is 0. The maximum atomic E-state index is 5.91. The van der Waals surface area contributed by atoms with Gasteiger partial charge in [-0.2, -0.15) is 0 Å². The summed E-state index contributed by atoms with van der Waals surface area (Å²) in [5, 5.41) is 3.54. The van der Waals surface area contributed by atoms with Crippen molar-refractivity contribution >= 4 is 0 Å². The van der Waals surface area contributed by atoms with Crippen LogP contribution in [0.2, 0.25) is 0 Å². The zero-order valence-corrected chi connectivity index (χ0v) is 13.2. The Hall–Kier alpha value is -1.80. The lowest BCUT2D eigenvalue weighted by Gasteiger charge is -2.22. The van der Waals surface area contributed by atoms with Crippen LogP contribution in [0.3, 0.4) is 0 Å². The molecule has 0 aliphatic carbocycles. The van der Waals surface area contributed by atoms with E-state index < -0.39 is 0 Å². The topological polar surface area (TPSA) is 21.3 Å². The molecule has 2 aromatic carbocycles. The third-order valence-electron chi connectivity index (χ3n) is 3.56. The van der Waals surface area contributed by atoms with Crippen LogP contribution in [0.5, 0.6) is 5.75 Å². The molecule has 21 heavy (non-hydrogen) atoms. The Balaban J connectivity index is 2.06. The Labute approximate surface area is 128 Å². The van der Waals surface area contributed by atoms with Crippen molar-refractivity contribution in [3.63, 3.8) is 0 Å². The molecule has 0 aliphatic heterocycles. The minimum atomic E-state index is 0.371. The van der Waals surface area contributed by atoms with Gasteiger partial charge in [0.2, 0.25) is 0 Å². The Morgan fingerprint density at radius 1 is 1.00 bits per heavy atom. The summed E-state index contributed by atoms with van der Waals surface area (Å²) in [5.41, 5.74) is 2.48. The van der Waals surface area contributed by atoms with E-state index in [-0.39, 0.29) is 0 Å². The Morgan fingerprint density at radius 2 is 1.76 bits per heavy atom. The molecule has 1 N–H and O–H groups in total. The molecule has 0 aliphatic rings. The molecular weight excluding hydrogens is 258 g/mol. The molecular formula is C19H25NO. The zero-order chi connectivity index (χ0) is 15.1. The molecule has 0 amide bonds. The minimum absolute atomic E-state index is 0.371. The number of benzene rings is 2. The lowest BCUT2D eigenvalue weighted by molar-refractivity contribution is 0.305. The van der Waals surface area contributed by atoms with Gasteiger partial charge in [0.05, 0.1) is 0 Å².